The van der Waals surface area contributed by atoms with Gasteiger partial charge in [-0.3, -0.25) is 9.97 Å². The van der Waals surface area contributed by atoms with Crippen molar-refractivity contribution in [2.24, 2.45) is 0 Å². The van der Waals surface area contributed by atoms with E-state index in [1.165, 1.54) is 7.11 Å². The number of rotatable bonds is 3. The molecular weight excluding hydrogens is 356 g/mol. The summed E-state index contributed by atoms with van der Waals surface area (Å²) in [5, 5.41) is 8.29. The number of nitrogens with one attached hydrogen (secondary N) is 2. The van der Waals surface area contributed by atoms with E-state index in [4.69, 9.17) is 0 Å². The topological polar surface area (TPSA) is 93.2 Å². The van der Waals surface area contributed by atoms with E-state index in [2.05, 4.69) is 25.3 Å². The number of hydrogen-bond acceptors (Lipinski definition) is 5. The molecule has 7 nitrogen and oxygen atoms in total. The molecule has 0 saturated carbocycles. The average molecular weight is 372 g/mol. The van der Waals surface area contributed by atoms with Crippen LogP contribution in [0.5, 0.6) is 0 Å². The smallest absolute Gasteiger partial charge is 0.337 e. The second kappa shape index (κ2) is 7.32. The summed E-state index contributed by atoms with van der Waals surface area (Å²) in [6.45, 7) is 0. The third-order valence-corrected chi connectivity index (χ3v) is 4.32. The highest BCUT2D eigenvalue weighted by molar-refractivity contribution is 6.14. The van der Waals surface area contributed by atoms with Gasteiger partial charge in [0.05, 0.1) is 23.9 Å². The van der Waals surface area contributed by atoms with E-state index in [-0.39, 0.29) is 0 Å². The number of ether oxygens (including phenoxy) is 1. The normalized spacial score (nSPS) is 10.6. The second-order valence-electron chi connectivity index (χ2n) is 6.07. The van der Waals surface area contributed by atoms with Gasteiger partial charge >= 0.3 is 12.0 Å². The van der Waals surface area contributed by atoms with Crippen LogP contribution < -0.4 is 10.6 Å². The van der Waals surface area contributed by atoms with Crippen LogP contribution in [0.15, 0.2) is 67.1 Å². The largest absolute Gasteiger partial charge is 0.465 e. The summed E-state index contributed by atoms with van der Waals surface area (Å²) in [4.78, 5) is 32.6. The third kappa shape index (κ3) is 3.33. The Labute approximate surface area is 160 Å². The van der Waals surface area contributed by atoms with Crippen LogP contribution in [0.3, 0.4) is 0 Å². The Kier molecular flexibility index (Phi) is 4.55. The van der Waals surface area contributed by atoms with Crippen LogP contribution >= 0.6 is 0 Å². The van der Waals surface area contributed by atoms with Crippen LogP contribution in [0.1, 0.15) is 10.4 Å². The van der Waals surface area contributed by atoms with Crippen molar-refractivity contribution in [1.29, 1.82) is 0 Å². The number of amides is 2. The molecule has 4 aromatic rings. The maximum Gasteiger partial charge on any atom is 0.337 e. The number of esters is 1. The molecule has 7 heteroatoms. The lowest BCUT2D eigenvalue weighted by molar-refractivity contribution is 0.0600. The summed E-state index contributed by atoms with van der Waals surface area (Å²) in [5.74, 6) is -0.430. The number of hydrogen-bond donors (Lipinski definition) is 2. The molecule has 2 amide bonds. The molecule has 0 atom stereocenters. The highest BCUT2D eigenvalue weighted by atomic mass is 16.5. The predicted molar refractivity (Wildman–Crippen MR) is 107 cm³/mol. The van der Waals surface area contributed by atoms with Gasteiger partial charge in [-0.15, -0.1) is 0 Å². The molecule has 2 N–H and O–H groups in total. The van der Waals surface area contributed by atoms with E-state index in [1.54, 1.807) is 42.9 Å². The number of aromatic nitrogens is 2. The van der Waals surface area contributed by atoms with Gasteiger partial charge in [0, 0.05) is 35.1 Å². The Morgan fingerprint density at radius 2 is 1.79 bits per heavy atom. The van der Waals surface area contributed by atoms with Gasteiger partial charge in [0.25, 0.3) is 0 Å². The van der Waals surface area contributed by atoms with Crippen LogP contribution in [0.2, 0.25) is 0 Å². The van der Waals surface area contributed by atoms with Crippen molar-refractivity contribution in [3.8, 4) is 0 Å². The molecule has 0 aliphatic heterocycles. The molecule has 0 unspecified atom stereocenters. The molecule has 2 aromatic heterocycles. The standard InChI is InChI=1S/C21H16N4O3/c1-28-20(26)13-4-6-15(7-5-13)24-21(27)25-18-11-14-8-10-22-12-17(14)19-16(18)3-2-9-23-19/h2-12H,1H3,(H2,24,25,27). The fourth-order valence-electron chi connectivity index (χ4n) is 3.00. The van der Waals surface area contributed by atoms with Crippen LogP contribution in [-0.4, -0.2) is 29.1 Å². The van der Waals surface area contributed by atoms with Gasteiger partial charge in [-0.05, 0) is 53.9 Å². The Hall–Kier alpha value is -4.00. The van der Waals surface area contributed by atoms with Crippen LogP contribution in [0.25, 0.3) is 21.7 Å². The van der Waals surface area contributed by atoms with E-state index >= 15 is 0 Å². The van der Waals surface area contributed by atoms with Gasteiger partial charge < -0.3 is 15.4 Å². The summed E-state index contributed by atoms with van der Waals surface area (Å²) < 4.78 is 4.66. The lowest BCUT2D eigenvalue weighted by Crippen LogP contribution is -2.19. The number of benzene rings is 2. The van der Waals surface area contributed by atoms with E-state index in [1.807, 2.05) is 24.3 Å². The lowest BCUT2D eigenvalue weighted by atomic mass is 10.1. The molecule has 28 heavy (non-hydrogen) atoms. The Morgan fingerprint density at radius 1 is 0.964 bits per heavy atom. The molecule has 0 saturated heterocycles. The fourth-order valence-corrected chi connectivity index (χ4v) is 3.00. The number of fused-ring (bicyclic) bond motifs is 3. The van der Waals surface area contributed by atoms with Gasteiger partial charge in [-0.2, -0.15) is 0 Å². The zero-order valence-electron chi connectivity index (χ0n) is 15.0. The number of anilines is 2. The Balaban J connectivity index is 1.60. The Bertz CT molecular complexity index is 1190. The van der Waals surface area contributed by atoms with Crippen LogP contribution in [0.4, 0.5) is 16.2 Å². The first-order valence-electron chi connectivity index (χ1n) is 8.53. The van der Waals surface area contributed by atoms with Crippen molar-refractivity contribution in [3.63, 3.8) is 0 Å². The molecule has 0 aliphatic carbocycles. The summed E-state index contributed by atoms with van der Waals surface area (Å²) >= 11 is 0. The third-order valence-electron chi connectivity index (χ3n) is 4.32. The van der Waals surface area contributed by atoms with Crippen molar-refractivity contribution >= 4 is 45.1 Å². The summed E-state index contributed by atoms with van der Waals surface area (Å²) in [6, 6.07) is 13.5. The van der Waals surface area contributed by atoms with Crippen LogP contribution in [-0.2, 0) is 4.74 Å². The van der Waals surface area contributed by atoms with Crippen molar-refractivity contribution < 1.29 is 14.3 Å². The average Bonchev–Trinajstić information content (AvgIpc) is 2.74. The molecule has 2 heterocycles. The number of nitrogens with zero attached hydrogens (tertiary/aromatic N) is 2. The second-order valence-corrected chi connectivity index (χ2v) is 6.07. The van der Waals surface area contributed by atoms with Crippen molar-refractivity contribution in [2.75, 3.05) is 17.7 Å². The quantitative estimate of drug-likeness (QED) is 0.415. The van der Waals surface area contributed by atoms with Crippen molar-refractivity contribution in [1.82, 2.24) is 9.97 Å². The van der Waals surface area contributed by atoms with Gasteiger partial charge in [0.15, 0.2) is 0 Å². The molecule has 138 valence electrons. The molecule has 0 spiro atoms. The van der Waals surface area contributed by atoms with Gasteiger partial charge in [-0.1, -0.05) is 0 Å². The van der Waals surface area contributed by atoms with Gasteiger partial charge in [0.2, 0.25) is 0 Å². The monoisotopic (exact) mass is 372 g/mol. The maximum atomic E-state index is 12.5. The molecule has 0 bridgehead atoms. The van der Waals surface area contributed by atoms with E-state index < -0.39 is 12.0 Å². The highest BCUT2D eigenvalue weighted by Gasteiger charge is 2.11. The molecule has 4 rings (SSSR count). The Morgan fingerprint density at radius 3 is 2.57 bits per heavy atom. The molecular formula is C21H16N4O3. The first kappa shape index (κ1) is 17.4. The minimum Gasteiger partial charge on any atom is -0.465 e. The molecule has 0 radical (unpaired) electrons. The van der Waals surface area contributed by atoms with Crippen molar-refractivity contribution in [3.05, 3.63) is 72.7 Å². The van der Waals surface area contributed by atoms with Gasteiger partial charge in [0.1, 0.15) is 0 Å². The number of methoxy groups -OCH3 is 1. The SMILES string of the molecule is COC(=O)c1ccc(NC(=O)Nc2cc3ccncc3c3ncccc23)cc1. The predicted octanol–water partition coefficient (Wildman–Crippen LogP) is 4.21. The maximum absolute atomic E-state index is 12.5. The highest BCUT2D eigenvalue weighted by Crippen LogP contribution is 2.30. The van der Waals surface area contributed by atoms with Crippen LogP contribution in [0, 0.1) is 0 Å². The minimum absolute atomic E-state index is 0.399. The first-order chi connectivity index (χ1) is 13.7. The number of carbonyl (C=O) groups is 2. The van der Waals surface area contributed by atoms with Gasteiger partial charge in [-0.25, -0.2) is 9.59 Å². The lowest BCUT2D eigenvalue weighted by Gasteiger charge is -2.12. The number of urea groups is 1. The molecule has 0 fully saturated rings. The fraction of sp³-hybridized carbons (Fsp3) is 0.0476. The molecule has 0 aliphatic rings. The van der Waals surface area contributed by atoms with E-state index in [9.17, 15) is 9.59 Å². The number of pyridine rings is 2. The minimum atomic E-state index is -0.430. The van der Waals surface area contributed by atoms with E-state index in [0.29, 0.717) is 16.9 Å². The summed E-state index contributed by atoms with van der Waals surface area (Å²) in [5.41, 5.74) is 2.38. The first-order valence-corrected chi connectivity index (χ1v) is 8.53. The van der Waals surface area contributed by atoms with E-state index in [0.717, 1.165) is 21.7 Å². The zero-order chi connectivity index (χ0) is 19.5. The summed E-state index contributed by atoms with van der Waals surface area (Å²) in [7, 11) is 1.32. The molecule has 2 aromatic carbocycles. The number of carbonyl (C=O) groups excluding carboxylic acids is 2. The summed E-state index contributed by atoms with van der Waals surface area (Å²) in [6.07, 6.45) is 5.17. The zero-order valence-corrected chi connectivity index (χ0v) is 15.0. The van der Waals surface area contributed by atoms with Crippen molar-refractivity contribution in [2.45, 2.75) is 0 Å².